The number of hydrogen-bond acceptors (Lipinski definition) is 4. The van der Waals surface area contributed by atoms with Gasteiger partial charge >= 0.3 is 0 Å². The minimum absolute atomic E-state index is 0.0774. The Hall–Kier alpha value is -2.49. The van der Waals surface area contributed by atoms with E-state index in [1.54, 1.807) is 6.07 Å². The summed E-state index contributed by atoms with van der Waals surface area (Å²) in [4.78, 5) is 17.0. The van der Waals surface area contributed by atoms with Gasteiger partial charge in [-0.3, -0.25) is 4.79 Å². The molecule has 138 valence electrons. The van der Waals surface area contributed by atoms with Crippen molar-refractivity contribution in [3.8, 4) is 6.07 Å². The van der Waals surface area contributed by atoms with Gasteiger partial charge in [0.15, 0.2) is 5.16 Å². The van der Waals surface area contributed by atoms with Crippen molar-refractivity contribution in [3.63, 3.8) is 0 Å². The van der Waals surface area contributed by atoms with Crippen molar-refractivity contribution in [1.82, 2.24) is 14.9 Å². The van der Waals surface area contributed by atoms with Crippen molar-refractivity contribution >= 4 is 40.3 Å². The van der Waals surface area contributed by atoms with E-state index in [-0.39, 0.29) is 17.7 Å². The zero-order valence-corrected chi connectivity index (χ0v) is 16.4. The van der Waals surface area contributed by atoms with Crippen LogP contribution in [0, 0.1) is 11.3 Å². The molecule has 7 heteroatoms. The van der Waals surface area contributed by atoms with Gasteiger partial charge in [0, 0.05) is 11.6 Å². The van der Waals surface area contributed by atoms with Crippen LogP contribution in [0.3, 0.4) is 0 Å². The number of carbonyl (C=O) groups is 1. The highest BCUT2D eigenvalue weighted by atomic mass is 35.5. The van der Waals surface area contributed by atoms with E-state index in [4.69, 9.17) is 16.9 Å². The molecule has 0 aliphatic carbocycles. The Balaban J connectivity index is 1.67. The average Bonchev–Trinajstić information content (AvgIpc) is 3.02. The third-order valence-electron chi connectivity index (χ3n) is 4.13. The van der Waals surface area contributed by atoms with Crippen LogP contribution in [0.2, 0.25) is 5.02 Å². The van der Waals surface area contributed by atoms with Crippen LogP contribution in [0.15, 0.2) is 53.7 Å². The van der Waals surface area contributed by atoms with E-state index < -0.39 is 0 Å². The molecule has 0 fully saturated rings. The summed E-state index contributed by atoms with van der Waals surface area (Å²) < 4.78 is 2.00. The van der Waals surface area contributed by atoms with Gasteiger partial charge in [-0.15, -0.1) is 0 Å². The van der Waals surface area contributed by atoms with E-state index in [1.165, 1.54) is 11.8 Å². The number of hydrogen-bond donors (Lipinski definition) is 1. The van der Waals surface area contributed by atoms with Crippen LogP contribution in [0.5, 0.6) is 0 Å². The molecule has 3 aromatic rings. The highest BCUT2D eigenvalue weighted by Gasteiger charge is 2.14. The Morgan fingerprint density at radius 3 is 2.93 bits per heavy atom. The molecular formula is C20H19ClN4OS. The van der Waals surface area contributed by atoms with Gasteiger partial charge in [-0.2, -0.15) is 5.26 Å². The van der Waals surface area contributed by atoms with E-state index >= 15 is 0 Å². The molecule has 0 saturated carbocycles. The lowest BCUT2D eigenvalue weighted by molar-refractivity contribution is -0.119. The van der Waals surface area contributed by atoms with Gasteiger partial charge in [0.2, 0.25) is 5.91 Å². The van der Waals surface area contributed by atoms with E-state index in [0.29, 0.717) is 18.0 Å². The molecule has 0 saturated heterocycles. The number of rotatable bonds is 7. The number of amides is 1. The van der Waals surface area contributed by atoms with Crippen molar-refractivity contribution in [3.05, 3.63) is 59.1 Å². The Morgan fingerprint density at radius 1 is 1.33 bits per heavy atom. The van der Waals surface area contributed by atoms with Crippen LogP contribution < -0.4 is 5.32 Å². The summed E-state index contributed by atoms with van der Waals surface area (Å²) in [5.41, 5.74) is 2.80. The summed E-state index contributed by atoms with van der Waals surface area (Å²) in [7, 11) is 0. The number of imidazole rings is 1. The van der Waals surface area contributed by atoms with Crippen molar-refractivity contribution in [2.24, 2.45) is 0 Å². The Bertz CT molecular complexity index is 995. The lowest BCUT2D eigenvalue weighted by Crippen LogP contribution is -2.28. The number of nitrogens with zero attached hydrogens (tertiary/aromatic N) is 3. The second-order valence-corrected chi connectivity index (χ2v) is 7.45. The van der Waals surface area contributed by atoms with E-state index in [0.717, 1.165) is 21.8 Å². The molecule has 2 aromatic carbocycles. The fourth-order valence-corrected chi connectivity index (χ4v) is 3.86. The van der Waals surface area contributed by atoms with Gasteiger partial charge in [0.05, 0.1) is 35.3 Å². The van der Waals surface area contributed by atoms with Crippen molar-refractivity contribution in [1.29, 1.82) is 5.26 Å². The zero-order chi connectivity index (χ0) is 19.2. The van der Waals surface area contributed by atoms with Crippen molar-refractivity contribution < 1.29 is 4.79 Å². The molecule has 1 heterocycles. The van der Waals surface area contributed by atoms with Gasteiger partial charge < -0.3 is 9.88 Å². The number of benzene rings is 2. The molecule has 1 N–H and O–H groups in total. The number of para-hydroxylation sites is 2. The second-order valence-electron chi connectivity index (χ2n) is 6.08. The van der Waals surface area contributed by atoms with E-state index in [9.17, 15) is 4.79 Å². The first kappa shape index (κ1) is 19.3. The van der Waals surface area contributed by atoms with Crippen molar-refractivity contribution in [2.45, 2.75) is 31.1 Å². The molecule has 5 nitrogen and oxygen atoms in total. The van der Waals surface area contributed by atoms with Gasteiger partial charge in [0.25, 0.3) is 0 Å². The van der Waals surface area contributed by atoms with Crippen LogP contribution >= 0.6 is 23.4 Å². The summed E-state index contributed by atoms with van der Waals surface area (Å²) in [6.45, 7) is 2.48. The Kier molecular flexibility index (Phi) is 6.38. The first-order valence-electron chi connectivity index (χ1n) is 8.58. The molecule has 0 aliphatic rings. The quantitative estimate of drug-likeness (QED) is 0.591. The number of aryl methyl sites for hydroxylation is 1. The highest BCUT2D eigenvalue weighted by molar-refractivity contribution is 7.99. The number of fused-ring (bicyclic) bond motifs is 1. The highest BCUT2D eigenvalue weighted by Crippen LogP contribution is 2.25. The van der Waals surface area contributed by atoms with Crippen LogP contribution in [-0.4, -0.2) is 21.2 Å². The maximum Gasteiger partial charge on any atom is 0.230 e. The Labute approximate surface area is 167 Å². The number of aromatic nitrogens is 2. The van der Waals surface area contributed by atoms with Crippen LogP contribution in [0.1, 0.15) is 24.9 Å². The molecule has 0 unspecified atom stereocenters. The summed E-state index contributed by atoms with van der Waals surface area (Å²) in [5, 5.41) is 13.3. The monoisotopic (exact) mass is 398 g/mol. The predicted molar refractivity (Wildman–Crippen MR) is 109 cm³/mol. The minimum Gasteiger partial charge on any atom is -0.349 e. The molecule has 0 spiro atoms. The standard InChI is InChI=1S/C20H19ClN4OS/c1-14(15-6-4-7-16(21)12-15)23-19(26)13-27-20-24-17-8-2-3-9-18(17)25(20)11-5-10-22/h2-4,6-9,12,14H,5,11,13H2,1H3,(H,23,26)/t14-/m0/s1. The van der Waals surface area contributed by atoms with Crippen LogP contribution in [0.25, 0.3) is 11.0 Å². The van der Waals surface area contributed by atoms with E-state index in [1.807, 2.05) is 54.0 Å². The van der Waals surface area contributed by atoms with E-state index in [2.05, 4.69) is 16.4 Å². The van der Waals surface area contributed by atoms with Crippen LogP contribution in [0.4, 0.5) is 0 Å². The first-order valence-corrected chi connectivity index (χ1v) is 9.94. The third kappa shape index (κ3) is 4.82. The minimum atomic E-state index is -0.130. The topological polar surface area (TPSA) is 70.7 Å². The number of halogens is 1. The number of carbonyl (C=O) groups excluding carboxylic acids is 1. The largest absolute Gasteiger partial charge is 0.349 e. The van der Waals surface area contributed by atoms with Crippen LogP contribution in [-0.2, 0) is 11.3 Å². The predicted octanol–water partition coefficient (Wildman–Crippen LogP) is 4.57. The average molecular weight is 399 g/mol. The SMILES string of the molecule is C[C@H](NC(=O)CSc1nc2ccccc2n1CCC#N)c1cccc(Cl)c1. The maximum absolute atomic E-state index is 12.4. The first-order chi connectivity index (χ1) is 13.1. The van der Waals surface area contributed by atoms with Gasteiger partial charge in [-0.1, -0.05) is 47.6 Å². The molecular weight excluding hydrogens is 380 g/mol. The molecule has 1 atom stereocenters. The van der Waals surface area contributed by atoms with Crippen molar-refractivity contribution in [2.75, 3.05) is 5.75 Å². The summed E-state index contributed by atoms with van der Waals surface area (Å²) in [6, 6.07) is 17.3. The number of nitriles is 1. The number of nitrogens with one attached hydrogen (secondary N) is 1. The fraction of sp³-hybridized carbons (Fsp3) is 0.250. The van der Waals surface area contributed by atoms with Gasteiger partial charge in [-0.25, -0.2) is 4.98 Å². The zero-order valence-electron chi connectivity index (χ0n) is 14.9. The molecule has 0 aliphatic heterocycles. The van der Waals surface area contributed by atoms with Gasteiger partial charge in [-0.05, 0) is 36.8 Å². The normalized spacial score (nSPS) is 11.9. The third-order valence-corrected chi connectivity index (χ3v) is 5.34. The summed E-state index contributed by atoms with van der Waals surface area (Å²) >= 11 is 7.39. The van der Waals surface area contributed by atoms with Gasteiger partial charge in [0.1, 0.15) is 0 Å². The second kappa shape index (κ2) is 8.94. The molecule has 3 rings (SSSR count). The molecule has 1 amide bonds. The summed E-state index contributed by atoms with van der Waals surface area (Å²) in [6.07, 6.45) is 0.395. The lowest BCUT2D eigenvalue weighted by Gasteiger charge is -2.14. The molecule has 1 aromatic heterocycles. The molecule has 27 heavy (non-hydrogen) atoms. The summed E-state index contributed by atoms with van der Waals surface area (Å²) in [5.74, 6) is 0.173. The lowest BCUT2D eigenvalue weighted by atomic mass is 10.1. The Morgan fingerprint density at radius 2 is 2.15 bits per heavy atom. The molecule has 0 radical (unpaired) electrons. The maximum atomic E-state index is 12.4. The molecule has 0 bridgehead atoms. The number of thioether (sulfide) groups is 1. The smallest absolute Gasteiger partial charge is 0.230 e. The fourth-order valence-electron chi connectivity index (χ4n) is 2.81.